The summed E-state index contributed by atoms with van der Waals surface area (Å²) in [7, 11) is 0. The van der Waals surface area contributed by atoms with Crippen LogP contribution < -0.4 is 10.1 Å². The van der Waals surface area contributed by atoms with Gasteiger partial charge >= 0.3 is 0 Å². The molecule has 1 aromatic heterocycles. The van der Waals surface area contributed by atoms with Crippen molar-refractivity contribution in [1.82, 2.24) is 14.8 Å². The Bertz CT molecular complexity index is 880. The first kappa shape index (κ1) is 19.7. The van der Waals surface area contributed by atoms with Gasteiger partial charge in [-0.2, -0.15) is 0 Å². The van der Waals surface area contributed by atoms with E-state index in [0.29, 0.717) is 38.2 Å². The normalized spacial score (nSPS) is 20.9. The molecule has 1 atom stereocenters. The van der Waals surface area contributed by atoms with E-state index in [4.69, 9.17) is 4.74 Å². The Balaban J connectivity index is 1.36. The first-order valence-electron chi connectivity index (χ1n) is 10.1. The molecule has 1 aromatic carbocycles. The molecule has 29 heavy (non-hydrogen) atoms. The van der Waals surface area contributed by atoms with Crippen LogP contribution in [0.2, 0.25) is 0 Å². The number of alkyl halides is 2. The van der Waals surface area contributed by atoms with Crippen LogP contribution in [0.3, 0.4) is 0 Å². The van der Waals surface area contributed by atoms with Gasteiger partial charge in [0.1, 0.15) is 11.9 Å². The number of amides is 2. The molecule has 0 spiro atoms. The lowest BCUT2D eigenvalue weighted by Crippen LogP contribution is -2.48. The van der Waals surface area contributed by atoms with Gasteiger partial charge in [-0.25, -0.2) is 8.78 Å². The second kappa shape index (κ2) is 8.39. The molecule has 156 valence electrons. The number of carbonyl (C=O) groups excluding carboxylic acids is 2. The molecule has 2 saturated heterocycles. The summed E-state index contributed by atoms with van der Waals surface area (Å²) in [5, 5.41) is 3.59. The molecule has 1 unspecified atom stereocenters. The molecule has 2 fully saturated rings. The average Bonchev–Trinajstić information content (AvgIpc) is 3.12. The van der Waals surface area contributed by atoms with Crippen LogP contribution in [-0.2, 0) is 16.1 Å². The lowest BCUT2D eigenvalue weighted by atomic mass is 9.96. The van der Waals surface area contributed by atoms with Crippen LogP contribution in [0.4, 0.5) is 8.78 Å². The number of piperidine rings is 2. The minimum atomic E-state index is -2.41. The molecule has 0 radical (unpaired) electrons. The van der Waals surface area contributed by atoms with Gasteiger partial charge in [0.2, 0.25) is 11.8 Å². The lowest BCUT2D eigenvalue weighted by Gasteiger charge is -2.35. The van der Waals surface area contributed by atoms with Gasteiger partial charge in [0, 0.05) is 50.5 Å². The molecule has 1 N–H and O–H groups in total. The van der Waals surface area contributed by atoms with Crippen molar-refractivity contribution in [2.75, 3.05) is 19.6 Å². The van der Waals surface area contributed by atoms with Crippen molar-refractivity contribution in [3.05, 3.63) is 30.5 Å². The zero-order valence-electron chi connectivity index (χ0n) is 16.2. The summed E-state index contributed by atoms with van der Waals surface area (Å²) in [5.74, 6) is 0.677. The molecule has 6 nitrogen and oxygen atoms in total. The minimum absolute atomic E-state index is 0.0118. The number of hydrogen-bond acceptors (Lipinski definition) is 3. The summed E-state index contributed by atoms with van der Waals surface area (Å²) in [5.41, 5.74) is 0.731. The van der Waals surface area contributed by atoms with Crippen LogP contribution in [-0.4, -0.2) is 53.4 Å². The van der Waals surface area contributed by atoms with Gasteiger partial charge in [-0.15, -0.1) is 0 Å². The summed E-state index contributed by atoms with van der Waals surface area (Å²) in [6.45, 7) is 1.33. The third kappa shape index (κ3) is 4.36. The predicted molar refractivity (Wildman–Crippen MR) is 104 cm³/mol. The maximum Gasteiger partial charge on any atom is 0.256 e. The fourth-order valence-corrected chi connectivity index (χ4v) is 4.18. The zero-order chi connectivity index (χ0) is 20.4. The van der Waals surface area contributed by atoms with Crippen molar-refractivity contribution >= 4 is 22.7 Å². The number of aromatic nitrogens is 1. The molecule has 0 bridgehead atoms. The number of nitrogens with zero attached hydrogens (tertiary/aromatic N) is 2. The van der Waals surface area contributed by atoms with E-state index in [0.717, 1.165) is 23.7 Å². The van der Waals surface area contributed by atoms with Crippen LogP contribution >= 0.6 is 0 Å². The van der Waals surface area contributed by atoms with Crippen LogP contribution in [0.15, 0.2) is 30.5 Å². The third-order valence-corrected chi connectivity index (χ3v) is 5.77. The van der Waals surface area contributed by atoms with E-state index in [2.05, 4.69) is 5.32 Å². The Hall–Kier alpha value is -2.64. The Morgan fingerprint density at radius 3 is 2.69 bits per heavy atom. The van der Waals surface area contributed by atoms with Crippen molar-refractivity contribution in [2.45, 2.75) is 44.8 Å². The summed E-state index contributed by atoms with van der Waals surface area (Å²) in [6, 6.07) is 7.30. The van der Waals surface area contributed by atoms with Gasteiger partial charge in [-0.3, -0.25) is 9.59 Å². The first-order valence-corrected chi connectivity index (χ1v) is 10.1. The topological polar surface area (TPSA) is 63.6 Å². The van der Waals surface area contributed by atoms with Gasteiger partial charge in [-0.1, -0.05) is 6.07 Å². The number of ether oxygens (including phenoxy) is 1. The van der Waals surface area contributed by atoms with E-state index >= 15 is 0 Å². The molecule has 2 aliphatic heterocycles. The molecule has 2 amide bonds. The molecular weight excluding hydrogens is 380 g/mol. The standard InChI is InChI=1S/C21H25F2N3O3/c22-19(23)13-26-11-8-16-17(26)2-1-3-18(16)29-15-6-9-25(10-7-15)21(28)14-4-5-20(27)24-12-14/h1-3,8,11,14-15,19H,4-7,9-10,12-13H2,(H,24,27). The molecule has 0 aliphatic carbocycles. The average molecular weight is 405 g/mol. The van der Waals surface area contributed by atoms with Crippen molar-refractivity contribution in [1.29, 1.82) is 0 Å². The monoisotopic (exact) mass is 405 g/mol. The van der Waals surface area contributed by atoms with E-state index in [1.807, 2.05) is 29.2 Å². The maximum absolute atomic E-state index is 12.7. The molecule has 4 rings (SSSR count). The Morgan fingerprint density at radius 2 is 2.00 bits per heavy atom. The Labute approximate surface area is 167 Å². The largest absolute Gasteiger partial charge is 0.490 e. The maximum atomic E-state index is 12.7. The van der Waals surface area contributed by atoms with E-state index in [9.17, 15) is 18.4 Å². The fraction of sp³-hybridized carbons (Fsp3) is 0.524. The van der Waals surface area contributed by atoms with Gasteiger partial charge in [0.05, 0.1) is 18.0 Å². The van der Waals surface area contributed by atoms with Crippen LogP contribution in [0.5, 0.6) is 5.75 Å². The second-order valence-electron chi connectivity index (χ2n) is 7.73. The summed E-state index contributed by atoms with van der Waals surface area (Å²) in [6.07, 6.45) is 1.69. The predicted octanol–water partition coefficient (Wildman–Crippen LogP) is 2.80. The third-order valence-electron chi connectivity index (χ3n) is 5.77. The highest BCUT2D eigenvalue weighted by Gasteiger charge is 2.31. The van der Waals surface area contributed by atoms with E-state index in [-0.39, 0.29) is 30.4 Å². The highest BCUT2D eigenvalue weighted by Crippen LogP contribution is 2.30. The number of likely N-dealkylation sites (tertiary alicyclic amines) is 1. The minimum Gasteiger partial charge on any atom is -0.490 e. The number of halogens is 2. The molecule has 3 heterocycles. The molecule has 2 aliphatic rings. The van der Waals surface area contributed by atoms with Gasteiger partial charge < -0.3 is 19.5 Å². The van der Waals surface area contributed by atoms with Crippen molar-refractivity contribution in [2.24, 2.45) is 5.92 Å². The number of fused-ring (bicyclic) bond motifs is 1. The van der Waals surface area contributed by atoms with Crippen molar-refractivity contribution in [3.63, 3.8) is 0 Å². The Morgan fingerprint density at radius 1 is 1.21 bits per heavy atom. The smallest absolute Gasteiger partial charge is 0.256 e. The highest BCUT2D eigenvalue weighted by molar-refractivity contribution is 5.86. The number of hydrogen-bond donors (Lipinski definition) is 1. The molecule has 0 saturated carbocycles. The number of nitrogens with one attached hydrogen (secondary N) is 1. The quantitative estimate of drug-likeness (QED) is 0.832. The SMILES string of the molecule is O=C1CCC(C(=O)N2CCC(Oc3cccc4c3ccn4CC(F)F)CC2)CN1. The van der Waals surface area contributed by atoms with Crippen molar-refractivity contribution < 1.29 is 23.1 Å². The summed E-state index contributed by atoms with van der Waals surface area (Å²) < 4.78 is 33.2. The zero-order valence-corrected chi connectivity index (χ0v) is 16.2. The molecular formula is C21H25F2N3O3. The van der Waals surface area contributed by atoms with Crippen LogP contribution in [0.25, 0.3) is 10.9 Å². The van der Waals surface area contributed by atoms with Crippen LogP contribution in [0.1, 0.15) is 25.7 Å². The number of benzene rings is 1. The number of carbonyl (C=O) groups is 2. The molecule has 2 aromatic rings. The lowest BCUT2D eigenvalue weighted by molar-refractivity contribution is -0.139. The highest BCUT2D eigenvalue weighted by atomic mass is 19.3. The second-order valence-corrected chi connectivity index (χ2v) is 7.73. The summed E-state index contributed by atoms with van der Waals surface area (Å²) in [4.78, 5) is 25.8. The fourth-order valence-electron chi connectivity index (χ4n) is 4.18. The Kier molecular flexibility index (Phi) is 5.69. The summed E-state index contributed by atoms with van der Waals surface area (Å²) >= 11 is 0. The van der Waals surface area contributed by atoms with Gasteiger partial charge in [0.15, 0.2) is 0 Å². The van der Waals surface area contributed by atoms with Gasteiger partial charge in [-0.05, 0) is 24.6 Å². The van der Waals surface area contributed by atoms with Crippen LogP contribution in [0, 0.1) is 5.92 Å². The first-order chi connectivity index (χ1) is 14.0. The molecule has 8 heteroatoms. The van der Waals surface area contributed by atoms with E-state index in [1.54, 1.807) is 6.20 Å². The number of rotatable bonds is 5. The van der Waals surface area contributed by atoms with Crippen molar-refractivity contribution in [3.8, 4) is 5.75 Å². The van der Waals surface area contributed by atoms with E-state index in [1.165, 1.54) is 4.57 Å². The van der Waals surface area contributed by atoms with Gasteiger partial charge in [0.25, 0.3) is 6.43 Å². The van der Waals surface area contributed by atoms with E-state index < -0.39 is 6.43 Å².